The zero-order chi connectivity index (χ0) is 18.0. The fourth-order valence-corrected chi connectivity index (χ4v) is 3.36. The van der Waals surface area contributed by atoms with E-state index in [9.17, 15) is 9.90 Å². The summed E-state index contributed by atoms with van der Waals surface area (Å²) in [6, 6.07) is 3.24. The molecule has 0 radical (unpaired) electrons. The van der Waals surface area contributed by atoms with Crippen molar-refractivity contribution in [2.75, 3.05) is 18.0 Å². The Balaban J connectivity index is 1.66. The van der Waals surface area contributed by atoms with Crippen molar-refractivity contribution in [2.24, 2.45) is 0 Å². The highest BCUT2D eigenvalue weighted by molar-refractivity contribution is 5.85. The third kappa shape index (κ3) is 3.66. The number of carbonyl (C=O) groups excluding carboxylic acids is 1. The number of rotatable bonds is 5. The summed E-state index contributed by atoms with van der Waals surface area (Å²) in [5.74, 6) is 1.84. The molecule has 1 aliphatic rings. The minimum atomic E-state index is -1.19. The molecule has 0 saturated carbocycles. The molecule has 2 N–H and O–H groups in total. The second-order valence-electron chi connectivity index (χ2n) is 6.72. The number of carbonyl (C=O) groups is 1. The largest absolute Gasteiger partial charge is 0.466 e. The van der Waals surface area contributed by atoms with Gasteiger partial charge in [-0.3, -0.25) is 4.79 Å². The highest BCUT2D eigenvalue weighted by atomic mass is 16.3. The maximum absolute atomic E-state index is 12.7. The summed E-state index contributed by atoms with van der Waals surface area (Å²) in [7, 11) is 0. The molecule has 1 fully saturated rings. The molecule has 134 valence electrons. The van der Waals surface area contributed by atoms with E-state index in [1.54, 1.807) is 31.5 Å². The smallest absolute Gasteiger partial charge is 0.242 e. The SMILES string of the molecule is Cc1cc([C@](C)(O)CNC(=O)[C@@H]2CCCN2c2ncccn2)c(C)o1. The zero-order valence-electron chi connectivity index (χ0n) is 14.8. The van der Waals surface area contributed by atoms with Gasteiger partial charge in [0, 0.05) is 24.5 Å². The van der Waals surface area contributed by atoms with Crippen molar-refractivity contribution in [3.05, 3.63) is 41.6 Å². The van der Waals surface area contributed by atoms with Crippen LogP contribution in [0.5, 0.6) is 0 Å². The molecular weight excluding hydrogens is 320 g/mol. The number of anilines is 1. The van der Waals surface area contributed by atoms with Gasteiger partial charge in [-0.15, -0.1) is 0 Å². The third-order valence-corrected chi connectivity index (χ3v) is 4.59. The van der Waals surface area contributed by atoms with Crippen LogP contribution in [0, 0.1) is 13.8 Å². The number of furan rings is 1. The molecule has 1 amide bonds. The molecule has 25 heavy (non-hydrogen) atoms. The van der Waals surface area contributed by atoms with Gasteiger partial charge in [0.05, 0.1) is 6.54 Å². The van der Waals surface area contributed by atoms with Gasteiger partial charge in [-0.05, 0) is 45.7 Å². The van der Waals surface area contributed by atoms with Crippen molar-refractivity contribution >= 4 is 11.9 Å². The van der Waals surface area contributed by atoms with Crippen LogP contribution in [0.1, 0.15) is 36.8 Å². The third-order valence-electron chi connectivity index (χ3n) is 4.59. The molecule has 2 atom stereocenters. The summed E-state index contributed by atoms with van der Waals surface area (Å²) in [5.41, 5.74) is -0.496. The molecule has 1 aliphatic heterocycles. The van der Waals surface area contributed by atoms with E-state index in [1.807, 2.05) is 18.7 Å². The lowest BCUT2D eigenvalue weighted by atomic mass is 9.96. The van der Waals surface area contributed by atoms with E-state index in [0.29, 0.717) is 17.3 Å². The van der Waals surface area contributed by atoms with Crippen LogP contribution in [-0.2, 0) is 10.4 Å². The lowest BCUT2D eigenvalue weighted by molar-refractivity contribution is -0.123. The van der Waals surface area contributed by atoms with Crippen LogP contribution in [0.25, 0.3) is 0 Å². The number of aromatic nitrogens is 2. The number of nitrogens with one attached hydrogen (secondary N) is 1. The first-order valence-corrected chi connectivity index (χ1v) is 8.50. The summed E-state index contributed by atoms with van der Waals surface area (Å²) < 4.78 is 5.48. The molecule has 3 heterocycles. The molecule has 3 rings (SSSR count). The lowest BCUT2D eigenvalue weighted by Gasteiger charge is -2.27. The van der Waals surface area contributed by atoms with E-state index >= 15 is 0 Å². The average Bonchev–Trinajstić information content (AvgIpc) is 3.20. The quantitative estimate of drug-likeness (QED) is 0.857. The minimum absolute atomic E-state index is 0.117. The summed E-state index contributed by atoms with van der Waals surface area (Å²) >= 11 is 0. The van der Waals surface area contributed by atoms with E-state index in [4.69, 9.17) is 4.42 Å². The van der Waals surface area contributed by atoms with Crippen molar-refractivity contribution in [1.82, 2.24) is 15.3 Å². The molecule has 7 heteroatoms. The number of hydrogen-bond acceptors (Lipinski definition) is 6. The first-order valence-electron chi connectivity index (χ1n) is 8.50. The monoisotopic (exact) mass is 344 g/mol. The number of amides is 1. The zero-order valence-corrected chi connectivity index (χ0v) is 14.8. The maximum atomic E-state index is 12.7. The van der Waals surface area contributed by atoms with E-state index in [1.165, 1.54) is 0 Å². The Labute approximate surface area is 147 Å². The van der Waals surface area contributed by atoms with Crippen LogP contribution in [0.3, 0.4) is 0 Å². The molecule has 2 aromatic rings. The molecule has 0 spiro atoms. The van der Waals surface area contributed by atoms with Crippen LogP contribution >= 0.6 is 0 Å². The van der Waals surface area contributed by atoms with Crippen LogP contribution in [0.4, 0.5) is 5.95 Å². The number of aryl methyl sites for hydroxylation is 2. The molecule has 7 nitrogen and oxygen atoms in total. The molecule has 0 bridgehead atoms. The van der Waals surface area contributed by atoms with Crippen molar-refractivity contribution < 1.29 is 14.3 Å². The topological polar surface area (TPSA) is 91.5 Å². The summed E-state index contributed by atoms with van der Waals surface area (Å²) in [6.07, 6.45) is 5.00. The Morgan fingerprint density at radius 2 is 2.16 bits per heavy atom. The van der Waals surface area contributed by atoms with Crippen LogP contribution in [0.15, 0.2) is 28.9 Å². The fraction of sp³-hybridized carbons (Fsp3) is 0.500. The van der Waals surface area contributed by atoms with Gasteiger partial charge in [-0.2, -0.15) is 0 Å². The summed E-state index contributed by atoms with van der Waals surface area (Å²) in [5, 5.41) is 13.6. The first-order chi connectivity index (χ1) is 11.9. The Morgan fingerprint density at radius 3 is 2.80 bits per heavy atom. The van der Waals surface area contributed by atoms with Gasteiger partial charge < -0.3 is 19.7 Å². The summed E-state index contributed by atoms with van der Waals surface area (Å²) in [6.45, 7) is 6.19. The Hall–Kier alpha value is -2.41. The number of hydrogen-bond donors (Lipinski definition) is 2. The predicted molar refractivity (Wildman–Crippen MR) is 93.2 cm³/mol. The second-order valence-corrected chi connectivity index (χ2v) is 6.72. The molecular formula is C18H24N4O3. The van der Waals surface area contributed by atoms with Crippen molar-refractivity contribution in [3.8, 4) is 0 Å². The Bertz CT molecular complexity index is 742. The van der Waals surface area contributed by atoms with E-state index in [0.717, 1.165) is 25.1 Å². The van der Waals surface area contributed by atoms with Gasteiger partial charge >= 0.3 is 0 Å². The predicted octanol–water partition coefficient (Wildman–Crippen LogP) is 1.68. The van der Waals surface area contributed by atoms with Gasteiger partial charge in [0.25, 0.3) is 0 Å². The van der Waals surface area contributed by atoms with Gasteiger partial charge in [0.15, 0.2) is 0 Å². The second kappa shape index (κ2) is 6.84. The van der Waals surface area contributed by atoms with E-state index < -0.39 is 5.60 Å². The van der Waals surface area contributed by atoms with Gasteiger partial charge in [-0.25, -0.2) is 9.97 Å². The fourth-order valence-electron chi connectivity index (χ4n) is 3.36. The standard InChI is InChI=1S/C18H24N4O3/c1-12-10-14(13(2)25-12)18(3,24)11-21-16(23)15-6-4-9-22(15)17-19-7-5-8-20-17/h5,7-8,10,15,24H,4,6,9,11H2,1-3H3,(H,21,23)/t15-,18+/m0/s1. The minimum Gasteiger partial charge on any atom is -0.466 e. The number of nitrogens with zero attached hydrogens (tertiary/aromatic N) is 3. The molecule has 0 aliphatic carbocycles. The highest BCUT2D eigenvalue weighted by Gasteiger charge is 2.34. The first kappa shape index (κ1) is 17.4. The van der Waals surface area contributed by atoms with Crippen LogP contribution in [0.2, 0.25) is 0 Å². The summed E-state index contributed by atoms with van der Waals surface area (Å²) in [4.78, 5) is 23.0. The lowest BCUT2D eigenvalue weighted by Crippen LogP contribution is -2.48. The van der Waals surface area contributed by atoms with E-state index in [-0.39, 0.29) is 18.5 Å². The highest BCUT2D eigenvalue weighted by Crippen LogP contribution is 2.27. The normalized spacial score (nSPS) is 19.7. The van der Waals surface area contributed by atoms with Crippen LogP contribution in [-0.4, -0.2) is 40.1 Å². The van der Waals surface area contributed by atoms with Crippen molar-refractivity contribution in [2.45, 2.75) is 45.3 Å². The Morgan fingerprint density at radius 1 is 1.44 bits per heavy atom. The molecule has 0 unspecified atom stereocenters. The molecule has 1 saturated heterocycles. The van der Waals surface area contributed by atoms with Gasteiger partial charge in [-0.1, -0.05) is 0 Å². The van der Waals surface area contributed by atoms with E-state index in [2.05, 4.69) is 15.3 Å². The molecule has 0 aromatic carbocycles. The van der Waals surface area contributed by atoms with Gasteiger partial charge in [0.2, 0.25) is 11.9 Å². The average molecular weight is 344 g/mol. The number of aliphatic hydroxyl groups is 1. The van der Waals surface area contributed by atoms with Crippen molar-refractivity contribution in [1.29, 1.82) is 0 Å². The Kier molecular flexibility index (Phi) is 4.76. The molecule has 2 aromatic heterocycles. The van der Waals surface area contributed by atoms with Crippen molar-refractivity contribution in [3.63, 3.8) is 0 Å². The van der Waals surface area contributed by atoms with Gasteiger partial charge in [0.1, 0.15) is 23.2 Å². The van der Waals surface area contributed by atoms with Crippen LogP contribution < -0.4 is 10.2 Å². The maximum Gasteiger partial charge on any atom is 0.242 e.